The summed E-state index contributed by atoms with van der Waals surface area (Å²) in [5.41, 5.74) is 6.72. The number of rotatable bonds is 2. The van der Waals surface area contributed by atoms with E-state index in [1.165, 1.54) is 6.33 Å². The highest BCUT2D eigenvalue weighted by molar-refractivity contribution is 5.86. The Kier molecular flexibility index (Phi) is 2.48. The molecular weight excluding hydrogens is 216 g/mol. The summed E-state index contributed by atoms with van der Waals surface area (Å²) < 4.78 is 2.17. The zero-order valence-electron chi connectivity index (χ0n) is 9.58. The summed E-state index contributed by atoms with van der Waals surface area (Å²) in [6.07, 6.45) is 6.73. The molecule has 5 heteroatoms. The predicted octanol–water partition coefficient (Wildman–Crippen LogP) is 1.35. The van der Waals surface area contributed by atoms with Gasteiger partial charge in [0.1, 0.15) is 17.8 Å². The van der Waals surface area contributed by atoms with Gasteiger partial charge in [-0.25, -0.2) is 9.97 Å². The van der Waals surface area contributed by atoms with Crippen molar-refractivity contribution in [1.82, 2.24) is 14.5 Å². The Balaban J connectivity index is 1.99. The van der Waals surface area contributed by atoms with Crippen molar-refractivity contribution >= 4 is 16.9 Å². The standard InChI is InChI=1S/C12H16N4O/c13-11-10-3-4-16(12(10)15-7-14-11)9-2-1-8(5-9)6-17/h3-4,7-9,17H,1-2,5-6H2,(H2,13,14,15). The fourth-order valence-corrected chi connectivity index (χ4v) is 2.75. The first-order valence-corrected chi connectivity index (χ1v) is 5.97. The van der Waals surface area contributed by atoms with Gasteiger partial charge in [0.2, 0.25) is 0 Å². The molecule has 5 nitrogen and oxygen atoms in total. The van der Waals surface area contributed by atoms with Crippen molar-refractivity contribution < 1.29 is 5.11 Å². The molecule has 2 heterocycles. The Morgan fingerprint density at radius 3 is 3.06 bits per heavy atom. The van der Waals surface area contributed by atoms with Crippen LogP contribution in [0.5, 0.6) is 0 Å². The molecule has 1 saturated carbocycles. The largest absolute Gasteiger partial charge is 0.396 e. The van der Waals surface area contributed by atoms with Crippen LogP contribution in [0.3, 0.4) is 0 Å². The van der Waals surface area contributed by atoms with Crippen LogP contribution >= 0.6 is 0 Å². The Morgan fingerprint density at radius 1 is 1.41 bits per heavy atom. The molecule has 17 heavy (non-hydrogen) atoms. The van der Waals surface area contributed by atoms with Gasteiger partial charge < -0.3 is 15.4 Å². The van der Waals surface area contributed by atoms with E-state index in [0.717, 1.165) is 30.3 Å². The summed E-state index contributed by atoms with van der Waals surface area (Å²) in [4.78, 5) is 8.30. The lowest BCUT2D eigenvalue weighted by Crippen LogP contribution is -2.07. The average Bonchev–Trinajstić information content (AvgIpc) is 2.94. The van der Waals surface area contributed by atoms with E-state index in [9.17, 15) is 5.11 Å². The highest BCUT2D eigenvalue weighted by Crippen LogP contribution is 2.36. The summed E-state index contributed by atoms with van der Waals surface area (Å²) in [5.74, 6) is 0.960. The number of anilines is 1. The van der Waals surface area contributed by atoms with Crippen LogP contribution in [-0.2, 0) is 0 Å². The number of aromatic nitrogens is 3. The van der Waals surface area contributed by atoms with Gasteiger partial charge in [0.25, 0.3) is 0 Å². The molecule has 2 atom stereocenters. The molecule has 3 N–H and O–H groups in total. The van der Waals surface area contributed by atoms with Gasteiger partial charge in [-0.1, -0.05) is 0 Å². The summed E-state index contributed by atoms with van der Waals surface area (Å²) in [6.45, 7) is 0.285. The molecule has 0 radical (unpaired) electrons. The SMILES string of the molecule is Nc1ncnc2c1ccn2C1CCC(CO)C1. The second kappa shape index (κ2) is 4.00. The van der Waals surface area contributed by atoms with Gasteiger partial charge in [-0.05, 0) is 31.2 Å². The normalized spacial score (nSPS) is 24.5. The number of fused-ring (bicyclic) bond motifs is 1. The topological polar surface area (TPSA) is 77.0 Å². The van der Waals surface area contributed by atoms with Gasteiger partial charge in [0.15, 0.2) is 0 Å². The van der Waals surface area contributed by atoms with Gasteiger partial charge in [-0.3, -0.25) is 0 Å². The van der Waals surface area contributed by atoms with Crippen molar-refractivity contribution in [2.45, 2.75) is 25.3 Å². The van der Waals surface area contributed by atoms with Crippen LogP contribution in [0.15, 0.2) is 18.6 Å². The number of nitrogens with zero attached hydrogens (tertiary/aromatic N) is 3. The molecule has 0 amide bonds. The number of hydrogen-bond acceptors (Lipinski definition) is 4. The van der Waals surface area contributed by atoms with Gasteiger partial charge in [-0.15, -0.1) is 0 Å². The molecule has 90 valence electrons. The van der Waals surface area contributed by atoms with Crippen molar-refractivity contribution in [3.63, 3.8) is 0 Å². The van der Waals surface area contributed by atoms with Gasteiger partial charge in [0.05, 0.1) is 5.39 Å². The highest BCUT2D eigenvalue weighted by atomic mass is 16.3. The van der Waals surface area contributed by atoms with E-state index in [-0.39, 0.29) is 6.61 Å². The molecule has 2 aromatic heterocycles. The minimum Gasteiger partial charge on any atom is -0.396 e. The molecule has 3 rings (SSSR count). The van der Waals surface area contributed by atoms with Crippen molar-refractivity contribution in [2.75, 3.05) is 12.3 Å². The molecule has 0 aliphatic heterocycles. The Morgan fingerprint density at radius 2 is 2.29 bits per heavy atom. The number of aliphatic hydroxyl groups excluding tert-OH is 1. The number of aliphatic hydroxyl groups is 1. The smallest absolute Gasteiger partial charge is 0.145 e. The van der Waals surface area contributed by atoms with Crippen molar-refractivity contribution in [3.8, 4) is 0 Å². The first-order valence-electron chi connectivity index (χ1n) is 5.97. The maximum absolute atomic E-state index is 9.18. The Bertz CT molecular complexity index is 536. The molecule has 1 aliphatic carbocycles. The monoisotopic (exact) mass is 232 g/mol. The second-order valence-electron chi connectivity index (χ2n) is 4.73. The zero-order chi connectivity index (χ0) is 11.8. The maximum Gasteiger partial charge on any atom is 0.145 e. The van der Waals surface area contributed by atoms with E-state index in [0.29, 0.717) is 17.8 Å². The average molecular weight is 232 g/mol. The van der Waals surface area contributed by atoms with E-state index in [1.54, 1.807) is 0 Å². The molecular formula is C12H16N4O. The fourth-order valence-electron chi connectivity index (χ4n) is 2.75. The van der Waals surface area contributed by atoms with Crippen molar-refractivity contribution in [3.05, 3.63) is 18.6 Å². The quantitative estimate of drug-likeness (QED) is 0.819. The van der Waals surface area contributed by atoms with Gasteiger partial charge >= 0.3 is 0 Å². The van der Waals surface area contributed by atoms with Crippen LogP contribution in [0.2, 0.25) is 0 Å². The molecule has 1 fully saturated rings. The number of hydrogen-bond donors (Lipinski definition) is 2. The van der Waals surface area contributed by atoms with E-state index in [4.69, 9.17) is 5.73 Å². The van der Waals surface area contributed by atoms with Gasteiger partial charge in [0, 0.05) is 18.8 Å². The molecule has 0 spiro atoms. The lowest BCUT2D eigenvalue weighted by molar-refractivity contribution is 0.226. The highest BCUT2D eigenvalue weighted by Gasteiger charge is 2.26. The molecule has 0 aromatic carbocycles. The van der Waals surface area contributed by atoms with E-state index < -0.39 is 0 Å². The van der Waals surface area contributed by atoms with E-state index in [2.05, 4.69) is 14.5 Å². The maximum atomic E-state index is 9.18. The van der Waals surface area contributed by atoms with Gasteiger partial charge in [-0.2, -0.15) is 0 Å². The summed E-state index contributed by atoms with van der Waals surface area (Å²) in [7, 11) is 0. The first kappa shape index (κ1) is 10.5. The Labute approximate surface area is 99.3 Å². The zero-order valence-corrected chi connectivity index (χ0v) is 9.58. The van der Waals surface area contributed by atoms with Crippen LogP contribution in [-0.4, -0.2) is 26.2 Å². The van der Waals surface area contributed by atoms with Crippen LogP contribution in [0.25, 0.3) is 11.0 Å². The molecule has 2 unspecified atom stereocenters. The third-order valence-corrected chi connectivity index (χ3v) is 3.71. The van der Waals surface area contributed by atoms with Crippen molar-refractivity contribution in [2.24, 2.45) is 5.92 Å². The third-order valence-electron chi connectivity index (χ3n) is 3.71. The van der Waals surface area contributed by atoms with E-state index in [1.807, 2.05) is 12.3 Å². The van der Waals surface area contributed by atoms with Crippen LogP contribution in [0.4, 0.5) is 5.82 Å². The number of nitrogen functional groups attached to an aromatic ring is 1. The van der Waals surface area contributed by atoms with Crippen LogP contribution < -0.4 is 5.73 Å². The van der Waals surface area contributed by atoms with Crippen LogP contribution in [0, 0.1) is 5.92 Å². The summed E-state index contributed by atoms with van der Waals surface area (Å²) in [6, 6.07) is 2.40. The molecule has 0 bridgehead atoms. The summed E-state index contributed by atoms with van der Waals surface area (Å²) >= 11 is 0. The minimum atomic E-state index is 0.285. The lowest BCUT2D eigenvalue weighted by atomic mass is 10.1. The summed E-state index contributed by atoms with van der Waals surface area (Å²) in [5, 5.41) is 10.1. The molecule has 0 saturated heterocycles. The Hall–Kier alpha value is -1.62. The fraction of sp³-hybridized carbons (Fsp3) is 0.500. The number of nitrogens with two attached hydrogens (primary N) is 1. The molecule has 1 aliphatic rings. The van der Waals surface area contributed by atoms with Crippen molar-refractivity contribution in [1.29, 1.82) is 0 Å². The van der Waals surface area contributed by atoms with Crippen LogP contribution in [0.1, 0.15) is 25.3 Å². The first-order chi connectivity index (χ1) is 8.29. The third kappa shape index (κ3) is 1.67. The lowest BCUT2D eigenvalue weighted by Gasteiger charge is -2.13. The minimum absolute atomic E-state index is 0.285. The van der Waals surface area contributed by atoms with E-state index >= 15 is 0 Å². The predicted molar refractivity (Wildman–Crippen MR) is 65.4 cm³/mol. The molecule has 2 aromatic rings. The second-order valence-corrected chi connectivity index (χ2v) is 4.73.